The number of rotatable bonds is 4. The van der Waals surface area contributed by atoms with Gasteiger partial charge in [0.05, 0.1) is 18.0 Å². The highest BCUT2D eigenvalue weighted by atomic mass is 16.5. The third-order valence-electron chi connectivity index (χ3n) is 6.64. The summed E-state index contributed by atoms with van der Waals surface area (Å²) in [4.78, 5) is 18.7. The number of likely N-dealkylation sites (N-methyl/N-ethyl adjacent to an activating group) is 1. The molecule has 6 nitrogen and oxygen atoms in total. The molecule has 5 rings (SSSR count). The van der Waals surface area contributed by atoms with Crippen molar-refractivity contribution < 1.29 is 4.74 Å². The first kappa shape index (κ1) is 18.6. The summed E-state index contributed by atoms with van der Waals surface area (Å²) < 4.78 is 6.17. The number of ether oxygens (including phenoxy) is 1. The highest BCUT2D eigenvalue weighted by Crippen LogP contribution is 2.40. The zero-order valence-electron chi connectivity index (χ0n) is 17.7. The number of fused-ring (bicyclic) bond motifs is 1. The number of aromatic nitrogens is 2. The van der Waals surface area contributed by atoms with Crippen LogP contribution in [0.15, 0.2) is 35.6 Å². The molecule has 3 heterocycles. The second-order valence-electron chi connectivity index (χ2n) is 9.07. The van der Waals surface area contributed by atoms with Gasteiger partial charge in [0, 0.05) is 36.8 Å². The van der Waals surface area contributed by atoms with Crippen LogP contribution in [0.5, 0.6) is 5.75 Å². The first-order valence-corrected chi connectivity index (χ1v) is 10.6. The molecule has 1 aliphatic carbocycles. The molecule has 0 N–H and O–H groups in total. The summed E-state index contributed by atoms with van der Waals surface area (Å²) in [6.07, 6.45) is 3.93. The van der Waals surface area contributed by atoms with Crippen LogP contribution in [0.3, 0.4) is 0 Å². The van der Waals surface area contributed by atoms with Crippen molar-refractivity contribution >= 4 is 11.5 Å². The van der Waals surface area contributed by atoms with Crippen LogP contribution in [-0.4, -0.2) is 58.4 Å². The van der Waals surface area contributed by atoms with Crippen LogP contribution in [-0.2, 0) is 6.54 Å². The lowest BCUT2D eigenvalue weighted by molar-refractivity contribution is 0.169. The molecule has 2 atom stereocenters. The molecule has 0 bridgehead atoms. The fraction of sp³-hybridized carbons (Fsp3) is 0.522. The van der Waals surface area contributed by atoms with E-state index in [1.807, 2.05) is 0 Å². The Morgan fingerprint density at radius 1 is 1.07 bits per heavy atom. The molecule has 0 radical (unpaired) electrons. The van der Waals surface area contributed by atoms with Gasteiger partial charge in [-0.25, -0.2) is 9.97 Å². The van der Waals surface area contributed by atoms with Gasteiger partial charge in [0.25, 0.3) is 0 Å². The van der Waals surface area contributed by atoms with Crippen LogP contribution in [0.25, 0.3) is 0 Å². The maximum absolute atomic E-state index is 6.17. The lowest BCUT2D eigenvalue weighted by Crippen LogP contribution is -2.55. The molecular weight excluding hydrogens is 362 g/mol. The van der Waals surface area contributed by atoms with Crippen LogP contribution in [0.4, 0.5) is 5.82 Å². The zero-order valence-corrected chi connectivity index (χ0v) is 17.7. The molecule has 1 saturated heterocycles. The molecule has 0 unspecified atom stereocenters. The van der Waals surface area contributed by atoms with Gasteiger partial charge in [-0.3, -0.25) is 9.89 Å². The van der Waals surface area contributed by atoms with Crippen LogP contribution in [0.2, 0.25) is 0 Å². The molecule has 1 aromatic carbocycles. The molecule has 1 aromatic heterocycles. The quantitative estimate of drug-likeness (QED) is 0.801. The zero-order chi connectivity index (χ0) is 20.2. The molecule has 152 valence electrons. The average molecular weight is 392 g/mol. The standard InChI is InChI=1S/C23H29N5O/c1-15-12-28(13-16(2)27(15)4)21-10-20(25-14-26-21)22-19-9-18(29-23(3)7-8-23)6-5-17(19)11-24-22/h5-6,9-10,14-16H,7-8,11-13H2,1-4H3/t15-,16+. The van der Waals surface area contributed by atoms with E-state index in [2.05, 4.69) is 71.9 Å². The van der Waals surface area contributed by atoms with Crippen molar-refractivity contribution in [3.05, 3.63) is 47.4 Å². The fourth-order valence-corrected chi connectivity index (χ4v) is 4.25. The highest BCUT2D eigenvalue weighted by molar-refractivity contribution is 6.14. The highest BCUT2D eigenvalue weighted by Gasteiger charge is 2.40. The van der Waals surface area contributed by atoms with Gasteiger partial charge in [-0.15, -0.1) is 0 Å². The monoisotopic (exact) mass is 391 g/mol. The molecule has 0 spiro atoms. The third kappa shape index (κ3) is 3.50. The third-order valence-corrected chi connectivity index (χ3v) is 6.64. The summed E-state index contributed by atoms with van der Waals surface area (Å²) in [7, 11) is 2.20. The van der Waals surface area contributed by atoms with Crippen LogP contribution in [0.1, 0.15) is 50.4 Å². The Kier molecular flexibility index (Phi) is 4.35. The number of nitrogens with zero attached hydrogens (tertiary/aromatic N) is 5. The van der Waals surface area contributed by atoms with Gasteiger partial charge in [0.15, 0.2) is 0 Å². The minimum absolute atomic E-state index is 0.0149. The summed E-state index contributed by atoms with van der Waals surface area (Å²) in [5.41, 5.74) is 4.22. The van der Waals surface area contributed by atoms with Crippen molar-refractivity contribution in [3.63, 3.8) is 0 Å². The van der Waals surface area contributed by atoms with E-state index in [4.69, 9.17) is 9.73 Å². The van der Waals surface area contributed by atoms with Crippen molar-refractivity contribution in [1.82, 2.24) is 14.9 Å². The second kappa shape index (κ2) is 6.80. The van der Waals surface area contributed by atoms with Crippen molar-refractivity contribution in [2.24, 2.45) is 4.99 Å². The predicted octanol–water partition coefficient (Wildman–Crippen LogP) is 3.29. The SMILES string of the molecule is C[C@@H]1CN(c2cc(C3=NCc4ccc(OC5(C)CC5)cc43)ncn2)C[C@H](C)N1C. The Balaban J connectivity index is 1.42. The van der Waals surface area contributed by atoms with E-state index in [1.165, 1.54) is 5.56 Å². The second-order valence-corrected chi connectivity index (χ2v) is 9.07. The largest absolute Gasteiger partial charge is 0.488 e. The number of aliphatic imine (C=N–C) groups is 1. The Bertz CT molecular complexity index is 955. The average Bonchev–Trinajstić information content (AvgIpc) is 3.28. The first-order valence-electron chi connectivity index (χ1n) is 10.6. The van der Waals surface area contributed by atoms with E-state index >= 15 is 0 Å². The van der Waals surface area contributed by atoms with Gasteiger partial charge in [0.2, 0.25) is 0 Å². The predicted molar refractivity (Wildman–Crippen MR) is 115 cm³/mol. The van der Waals surface area contributed by atoms with Gasteiger partial charge in [-0.05, 0) is 58.4 Å². The summed E-state index contributed by atoms with van der Waals surface area (Å²) in [5.74, 6) is 1.91. The first-order chi connectivity index (χ1) is 13.9. The summed E-state index contributed by atoms with van der Waals surface area (Å²) >= 11 is 0. The maximum atomic E-state index is 6.17. The minimum atomic E-state index is 0.0149. The summed E-state index contributed by atoms with van der Waals surface area (Å²) in [6.45, 7) is 9.34. The normalized spacial score (nSPS) is 25.5. The Hall–Kier alpha value is -2.47. The van der Waals surface area contributed by atoms with E-state index in [9.17, 15) is 0 Å². The number of hydrogen-bond acceptors (Lipinski definition) is 6. The Labute approximate surface area is 172 Å². The van der Waals surface area contributed by atoms with Crippen molar-refractivity contribution in [2.45, 2.75) is 57.8 Å². The molecule has 29 heavy (non-hydrogen) atoms. The number of benzene rings is 1. The van der Waals surface area contributed by atoms with E-state index < -0.39 is 0 Å². The van der Waals surface area contributed by atoms with Gasteiger partial charge >= 0.3 is 0 Å². The molecule has 2 aromatic rings. The Morgan fingerprint density at radius 2 is 1.83 bits per heavy atom. The molecular formula is C23H29N5O. The maximum Gasteiger partial charge on any atom is 0.132 e. The number of piperazine rings is 1. The fourth-order valence-electron chi connectivity index (χ4n) is 4.25. The summed E-state index contributed by atoms with van der Waals surface area (Å²) in [5, 5.41) is 0. The smallest absolute Gasteiger partial charge is 0.132 e. The van der Waals surface area contributed by atoms with E-state index in [1.54, 1.807) is 6.33 Å². The van der Waals surface area contributed by atoms with Crippen LogP contribution in [0, 0.1) is 0 Å². The van der Waals surface area contributed by atoms with E-state index in [0.717, 1.165) is 54.5 Å². The summed E-state index contributed by atoms with van der Waals surface area (Å²) in [6, 6.07) is 9.41. The van der Waals surface area contributed by atoms with Crippen LogP contribution < -0.4 is 9.64 Å². The Morgan fingerprint density at radius 3 is 2.55 bits per heavy atom. The lowest BCUT2D eigenvalue weighted by Gasteiger charge is -2.43. The van der Waals surface area contributed by atoms with Gasteiger partial charge in [0.1, 0.15) is 23.5 Å². The van der Waals surface area contributed by atoms with E-state index in [0.29, 0.717) is 18.6 Å². The molecule has 3 aliphatic rings. The lowest BCUT2D eigenvalue weighted by atomic mass is 10.0. The number of anilines is 1. The molecule has 0 amide bonds. The molecule has 6 heteroatoms. The van der Waals surface area contributed by atoms with E-state index in [-0.39, 0.29) is 5.60 Å². The van der Waals surface area contributed by atoms with Gasteiger partial charge in [-0.2, -0.15) is 0 Å². The minimum Gasteiger partial charge on any atom is -0.488 e. The topological polar surface area (TPSA) is 53.9 Å². The molecule has 2 fully saturated rings. The van der Waals surface area contributed by atoms with Crippen molar-refractivity contribution in [1.29, 1.82) is 0 Å². The molecule has 1 saturated carbocycles. The van der Waals surface area contributed by atoms with Gasteiger partial charge < -0.3 is 9.64 Å². The molecule has 2 aliphatic heterocycles. The van der Waals surface area contributed by atoms with Gasteiger partial charge in [-0.1, -0.05) is 6.07 Å². The van der Waals surface area contributed by atoms with Crippen molar-refractivity contribution in [2.75, 3.05) is 25.0 Å². The van der Waals surface area contributed by atoms with Crippen molar-refractivity contribution in [3.8, 4) is 5.75 Å². The number of hydrogen-bond donors (Lipinski definition) is 0. The van der Waals surface area contributed by atoms with Crippen LogP contribution >= 0.6 is 0 Å².